The highest BCUT2D eigenvalue weighted by Gasteiger charge is 2.41. The van der Waals surface area contributed by atoms with Crippen molar-refractivity contribution in [1.29, 1.82) is 0 Å². The topological polar surface area (TPSA) is 29.3 Å². The number of hydrogen-bond acceptors (Lipinski definition) is 2. The van der Waals surface area contributed by atoms with E-state index in [0.717, 1.165) is 17.7 Å². The zero-order valence-corrected chi connectivity index (χ0v) is 11.7. The first-order valence-electron chi connectivity index (χ1n) is 7.02. The summed E-state index contributed by atoms with van der Waals surface area (Å²) >= 11 is 0. The lowest BCUT2D eigenvalue weighted by Gasteiger charge is -2.35. The molecule has 1 saturated heterocycles. The Morgan fingerprint density at radius 1 is 1.30 bits per heavy atom. The van der Waals surface area contributed by atoms with Gasteiger partial charge in [-0.25, -0.2) is 0 Å². The van der Waals surface area contributed by atoms with E-state index >= 15 is 0 Å². The van der Waals surface area contributed by atoms with Crippen molar-refractivity contribution >= 4 is 5.69 Å². The van der Waals surface area contributed by atoms with E-state index < -0.39 is 12.1 Å². The highest BCUT2D eigenvalue weighted by Crippen LogP contribution is 2.34. The van der Waals surface area contributed by atoms with Crippen molar-refractivity contribution in [1.82, 2.24) is 0 Å². The van der Waals surface area contributed by atoms with E-state index in [1.165, 1.54) is 0 Å². The van der Waals surface area contributed by atoms with Crippen molar-refractivity contribution in [3.63, 3.8) is 0 Å². The Labute approximate surface area is 117 Å². The molecule has 0 radical (unpaired) electrons. The molecule has 1 aliphatic rings. The Balaban J connectivity index is 2.04. The number of nitrogens with two attached hydrogens (primary N) is 1. The highest BCUT2D eigenvalue weighted by atomic mass is 19.4. The van der Waals surface area contributed by atoms with Crippen LogP contribution in [0.4, 0.5) is 18.9 Å². The zero-order chi connectivity index (χ0) is 14.8. The molecule has 2 rings (SSSR count). The minimum absolute atomic E-state index is 0.0656. The van der Waals surface area contributed by atoms with Gasteiger partial charge in [0.1, 0.15) is 0 Å². The minimum Gasteiger partial charge on any atom is -0.371 e. The highest BCUT2D eigenvalue weighted by molar-refractivity contribution is 5.48. The fourth-order valence-corrected chi connectivity index (χ4v) is 2.69. The van der Waals surface area contributed by atoms with Gasteiger partial charge >= 0.3 is 6.18 Å². The molecule has 1 fully saturated rings. The van der Waals surface area contributed by atoms with E-state index in [9.17, 15) is 13.2 Å². The van der Waals surface area contributed by atoms with Crippen LogP contribution in [0.5, 0.6) is 0 Å². The lowest BCUT2D eigenvalue weighted by atomic mass is 9.97. The molecule has 20 heavy (non-hydrogen) atoms. The van der Waals surface area contributed by atoms with Gasteiger partial charge in [-0.1, -0.05) is 12.1 Å². The van der Waals surface area contributed by atoms with Gasteiger partial charge in [-0.15, -0.1) is 0 Å². The average molecular weight is 286 g/mol. The molecule has 2 N–H and O–H groups in total. The Bertz CT molecular complexity index is 426. The van der Waals surface area contributed by atoms with Gasteiger partial charge in [-0.05, 0) is 43.9 Å². The molecule has 2 nitrogen and oxygen atoms in total. The molecule has 0 spiro atoms. The number of piperidine rings is 1. The van der Waals surface area contributed by atoms with Gasteiger partial charge < -0.3 is 10.6 Å². The molecule has 0 bridgehead atoms. The lowest BCUT2D eigenvalue weighted by molar-refractivity contribution is -0.175. The Hall–Kier alpha value is -1.23. The molecule has 1 aromatic rings. The summed E-state index contributed by atoms with van der Waals surface area (Å²) in [6.45, 7) is 2.70. The van der Waals surface area contributed by atoms with Crippen LogP contribution in [0.15, 0.2) is 24.3 Å². The number of alkyl halides is 3. The number of rotatable bonds is 3. The predicted molar refractivity (Wildman–Crippen MR) is 74.8 cm³/mol. The maximum absolute atomic E-state index is 12.8. The summed E-state index contributed by atoms with van der Waals surface area (Å²) in [6, 6.07) is 7.80. The molecule has 2 atom stereocenters. The molecule has 2 unspecified atom stereocenters. The van der Waals surface area contributed by atoms with Gasteiger partial charge in [0.05, 0.1) is 5.92 Å². The summed E-state index contributed by atoms with van der Waals surface area (Å²) in [7, 11) is 0. The molecule has 0 aliphatic carbocycles. The van der Waals surface area contributed by atoms with Crippen LogP contribution in [0.1, 0.15) is 25.3 Å². The first-order chi connectivity index (χ1) is 9.36. The summed E-state index contributed by atoms with van der Waals surface area (Å²) in [4.78, 5) is 1.83. The Morgan fingerprint density at radius 2 is 1.95 bits per heavy atom. The van der Waals surface area contributed by atoms with Crippen molar-refractivity contribution in [2.24, 2.45) is 11.7 Å². The molecule has 1 aliphatic heterocycles. The van der Waals surface area contributed by atoms with E-state index in [1.807, 2.05) is 36.1 Å². The molecule has 0 aromatic heterocycles. The maximum Gasteiger partial charge on any atom is 0.393 e. The van der Waals surface area contributed by atoms with Crippen molar-refractivity contribution in [2.45, 2.75) is 38.4 Å². The van der Waals surface area contributed by atoms with Crippen LogP contribution in [0.2, 0.25) is 0 Å². The molecule has 5 heteroatoms. The maximum atomic E-state index is 12.8. The van der Waals surface area contributed by atoms with Gasteiger partial charge in [0.2, 0.25) is 0 Å². The van der Waals surface area contributed by atoms with E-state index in [-0.39, 0.29) is 19.0 Å². The molecule has 0 saturated carbocycles. The lowest BCUT2D eigenvalue weighted by Crippen LogP contribution is -2.41. The molecule has 0 amide bonds. The van der Waals surface area contributed by atoms with Gasteiger partial charge in [-0.3, -0.25) is 0 Å². The molecule has 1 heterocycles. The van der Waals surface area contributed by atoms with E-state index in [1.54, 1.807) is 0 Å². The van der Waals surface area contributed by atoms with Crippen molar-refractivity contribution in [2.75, 3.05) is 18.0 Å². The summed E-state index contributed by atoms with van der Waals surface area (Å²) in [5.41, 5.74) is 7.72. The van der Waals surface area contributed by atoms with Crippen LogP contribution in [0, 0.1) is 5.92 Å². The van der Waals surface area contributed by atoms with Crippen LogP contribution >= 0.6 is 0 Å². The number of nitrogens with zero attached hydrogens (tertiary/aromatic N) is 1. The number of anilines is 1. The third-order valence-corrected chi connectivity index (χ3v) is 3.74. The Kier molecular flexibility index (Phi) is 4.58. The van der Waals surface area contributed by atoms with Gasteiger partial charge in [0.25, 0.3) is 0 Å². The number of halogens is 3. The SMILES string of the molecule is CC(N)Cc1ccc(N2CCCC(C(F)(F)F)C2)cc1. The second-order valence-electron chi connectivity index (χ2n) is 5.67. The fourth-order valence-electron chi connectivity index (χ4n) is 2.69. The van der Waals surface area contributed by atoms with Gasteiger partial charge in [0, 0.05) is 24.8 Å². The second-order valence-corrected chi connectivity index (χ2v) is 5.67. The largest absolute Gasteiger partial charge is 0.393 e. The van der Waals surface area contributed by atoms with Crippen molar-refractivity contribution in [3.05, 3.63) is 29.8 Å². The van der Waals surface area contributed by atoms with Crippen LogP contribution < -0.4 is 10.6 Å². The van der Waals surface area contributed by atoms with E-state index in [0.29, 0.717) is 13.0 Å². The summed E-state index contributed by atoms with van der Waals surface area (Å²) in [5.74, 6) is -1.21. The quantitative estimate of drug-likeness (QED) is 0.923. The summed E-state index contributed by atoms with van der Waals surface area (Å²) in [5, 5.41) is 0. The van der Waals surface area contributed by atoms with Gasteiger partial charge in [0.15, 0.2) is 0 Å². The third kappa shape index (κ3) is 3.88. The van der Waals surface area contributed by atoms with Gasteiger partial charge in [-0.2, -0.15) is 13.2 Å². The smallest absolute Gasteiger partial charge is 0.371 e. The molecule has 1 aromatic carbocycles. The normalized spacial score (nSPS) is 21.9. The van der Waals surface area contributed by atoms with E-state index in [2.05, 4.69) is 0 Å². The molecular formula is C15H21F3N2. The zero-order valence-electron chi connectivity index (χ0n) is 11.7. The first kappa shape index (κ1) is 15.2. The average Bonchev–Trinajstić information content (AvgIpc) is 2.38. The number of hydrogen-bond donors (Lipinski definition) is 1. The third-order valence-electron chi connectivity index (χ3n) is 3.74. The summed E-state index contributed by atoms with van der Waals surface area (Å²) < 4.78 is 38.4. The van der Waals surface area contributed by atoms with Crippen molar-refractivity contribution < 1.29 is 13.2 Å². The standard InChI is InChI=1S/C15H21F3N2/c1-11(19)9-12-4-6-14(7-5-12)20-8-2-3-13(10-20)15(16,17)18/h4-7,11,13H,2-3,8-10,19H2,1H3. The van der Waals surface area contributed by atoms with Crippen LogP contribution in [-0.4, -0.2) is 25.3 Å². The minimum atomic E-state index is -4.09. The molecule has 112 valence electrons. The van der Waals surface area contributed by atoms with Crippen LogP contribution in [0.25, 0.3) is 0 Å². The molecular weight excluding hydrogens is 265 g/mol. The first-order valence-corrected chi connectivity index (χ1v) is 7.02. The monoisotopic (exact) mass is 286 g/mol. The van der Waals surface area contributed by atoms with Crippen LogP contribution in [-0.2, 0) is 6.42 Å². The predicted octanol–water partition coefficient (Wildman–Crippen LogP) is 3.36. The second kappa shape index (κ2) is 6.04. The summed E-state index contributed by atoms with van der Waals surface area (Å²) in [6.07, 6.45) is -2.48. The van der Waals surface area contributed by atoms with Crippen LogP contribution in [0.3, 0.4) is 0 Å². The Morgan fingerprint density at radius 3 is 2.50 bits per heavy atom. The van der Waals surface area contributed by atoms with E-state index in [4.69, 9.17) is 5.73 Å². The van der Waals surface area contributed by atoms with Crippen molar-refractivity contribution in [3.8, 4) is 0 Å². The fraction of sp³-hybridized carbons (Fsp3) is 0.600. The number of benzene rings is 1.